The van der Waals surface area contributed by atoms with Crippen LogP contribution in [-0.2, 0) is 6.54 Å². The molecular formula is C24H22N4O2. The van der Waals surface area contributed by atoms with E-state index in [0.717, 1.165) is 16.7 Å². The summed E-state index contributed by atoms with van der Waals surface area (Å²) in [6, 6.07) is 19.4. The Kier molecular flexibility index (Phi) is 5.57. The lowest BCUT2D eigenvalue weighted by Gasteiger charge is -2.08. The van der Waals surface area contributed by atoms with Crippen molar-refractivity contribution in [2.75, 3.05) is 12.4 Å². The highest BCUT2D eigenvalue weighted by Crippen LogP contribution is 2.27. The first kappa shape index (κ1) is 19.4. The van der Waals surface area contributed by atoms with Crippen molar-refractivity contribution in [1.29, 1.82) is 0 Å². The smallest absolute Gasteiger partial charge is 0.259 e. The molecule has 150 valence electrons. The number of amides is 1. The third-order valence-electron chi connectivity index (χ3n) is 4.82. The van der Waals surface area contributed by atoms with Crippen LogP contribution in [0.4, 0.5) is 5.69 Å². The molecule has 6 heteroatoms. The monoisotopic (exact) mass is 398 g/mol. The van der Waals surface area contributed by atoms with Gasteiger partial charge in [-0.15, -0.1) is 0 Å². The Labute approximate surface area is 175 Å². The number of benzene rings is 2. The van der Waals surface area contributed by atoms with Gasteiger partial charge in [-0.2, -0.15) is 5.10 Å². The van der Waals surface area contributed by atoms with Crippen molar-refractivity contribution in [1.82, 2.24) is 14.8 Å². The quantitative estimate of drug-likeness (QED) is 0.517. The Morgan fingerprint density at radius 3 is 2.70 bits per heavy atom. The maximum atomic E-state index is 13.2. The Hall–Kier alpha value is -3.93. The van der Waals surface area contributed by atoms with E-state index >= 15 is 0 Å². The number of carbonyl (C=O) groups is 1. The molecule has 0 saturated heterocycles. The van der Waals surface area contributed by atoms with Crippen LogP contribution < -0.4 is 10.1 Å². The summed E-state index contributed by atoms with van der Waals surface area (Å²) in [5.41, 5.74) is 4.63. The van der Waals surface area contributed by atoms with E-state index < -0.39 is 0 Å². The van der Waals surface area contributed by atoms with E-state index in [1.54, 1.807) is 30.4 Å². The summed E-state index contributed by atoms with van der Waals surface area (Å²) in [6.45, 7) is 2.50. The molecule has 1 N–H and O–H groups in total. The Morgan fingerprint density at radius 1 is 1.10 bits per heavy atom. The molecule has 0 aliphatic heterocycles. The zero-order valence-electron chi connectivity index (χ0n) is 16.9. The van der Waals surface area contributed by atoms with Crippen LogP contribution in [0.25, 0.3) is 11.3 Å². The van der Waals surface area contributed by atoms with Gasteiger partial charge in [0.1, 0.15) is 11.4 Å². The molecule has 2 aromatic heterocycles. The average molecular weight is 398 g/mol. The number of aromatic nitrogens is 3. The zero-order chi connectivity index (χ0) is 20.9. The molecule has 4 rings (SSSR count). The second-order valence-corrected chi connectivity index (χ2v) is 6.95. The molecule has 0 aliphatic rings. The lowest BCUT2D eigenvalue weighted by Crippen LogP contribution is -2.13. The van der Waals surface area contributed by atoms with Crippen molar-refractivity contribution in [2.24, 2.45) is 0 Å². The van der Waals surface area contributed by atoms with Crippen LogP contribution in [0.5, 0.6) is 5.75 Å². The van der Waals surface area contributed by atoms with Gasteiger partial charge in [-0.1, -0.05) is 42.5 Å². The largest absolute Gasteiger partial charge is 0.497 e. The van der Waals surface area contributed by atoms with Crippen LogP contribution in [-0.4, -0.2) is 27.8 Å². The first-order chi connectivity index (χ1) is 14.6. The minimum atomic E-state index is -0.233. The number of methoxy groups -OCH3 is 1. The molecule has 0 aliphatic carbocycles. The molecule has 0 spiro atoms. The molecule has 6 nitrogen and oxygen atoms in total. The predicted octanol–water partition coefficient (Wildman–Crippen LogP) is 4.56. The van der Waals surface area contributed by atoms with Gasteiger partial charge in [0.15, 0.2) is 0 Å². The fourth-order valence-electron chi connectivity index (χ4n) is 3.21. The topological polar surface area (TPSA) is 69.0 Å². The van der Waals surface area contributed by atoms with Crippen LogP contribution >= 0.6 is 0 Å². The molecule has 2 aromatic carbocycles. The number of anilines is 1. The predicted molar refractivity (Wildman–Crippen MR) is 117 cm³/mol. The number of carbonyl (C=O) groups excluding carboxylic acids is 1. The molecule has 0 bridgehead atoms. The SMILES string of the molecule is COc1cccc(-c2nn(Cc3ccccc3)cc2C(=O)Nc2cnccc2C)c1. The van der Waals surface area contributed by atoms with Crippen molar-refractivity contribution < 1.29 is 9.53 Å². The second-order valence-electron chi connectivity index (χ2n) is 6.95. The highest BCUT2D eigenvalue weighted by atomic mass is 16.5. The number of nitrogens with zero attached hydrogens (tertiary/aromatic N) is 3. The maximum Gasteiger partial charge on any atom is 0.259 e. The van der Waals surface area contributed by atoms with E-state index in [9.17, 15) is 4.79 Å². The van der Waals surface area contributed by atoms with Gasteiger partial charge >= 0.3 is 0 Å². The fourth-order valence-corrected chi connectivity index (χ4v) is 3.21. The molecule has 4 aromatic rings. The summed E-state index contributed by atoms with van der Waals surface area (Å²) in [7, 11) is 1.62. The van der Waals surface area contributed by atoms with Crippen LogP contribution in [0, 0.1) is 6.92 Å². The van der Waals surface area contributed by atoms with Gasteiger partial charge in [0.05, 0.1) is 31.1 Å². The molecule has 0 atom stereocenters. The lowest BCUT2D eigenvalue weighted by molar-refractivity contribution is 0.102. The van der Waals surface area contributed by atoms with Crippen molar-refractivity contribution in [3.8, 4) is 17.0 Å². The van der Waals surface area contributed by atoms with Crippen molar-refractivity contribution in [3.05, 3.63) is 95.9 Å². The third kappa shape index (κ3) is 4.22. The summed E-state index contributed by atoms with van der Waals surface area (Å²) in [5, 5.41) is 7.68. The molecular weight excluding hydrogens is 376 g/mol. The summed E-state index contributed by atoms with van der Waals surface area (Å²) < 4.78 is 7.13. The van der Waals surface area contributed by atoms with E-state index in [1.807, 2.05) is 67.6 Å². The number of pyridine rings is 1. The normalized spacial score (nSPS) is 10.6. The number of hydrogen-bond donors (Lipinski definition) is 1. The van der Waals surface area contributed by atoms with Crippen LogP contribution in [0.15, 0.2) is 79.3 Å². The lowest BCUT2D eigenvalue weighted by atomic mass is 10.1. The highest BCUT2D eigenvalue weighted by Gasteiger charge is 2.19. The third-order valence-corrected chi connectivity index (χ3v) is 4.82. The van der Waals surface area contributed by atoms with Crippen molar-refractivity contribution >= 4 is 11.6 Å². The van der Waals surface area contributed by atoms with E-state index in [2.05, 4.69) is 10.3 Å². The molecule has 0 saturated carbocycles. The van der Waals surface area contributed by atoms with E-state index in [4.69, 9.17) is 9.84 Å². The zero-order valence-corrected chi connectivity index (χ0v) is 16.9. The van der Waals surface area contributed by atoms with Crippen LogP contribution in [0.2, 0.25) is 0 Å². The van der Waals surface area contributed by atoms with Gasteiger partial charge in [0.2, 0.25) is 0 Å². The van der Waals surface area contributed by atoms with Crippen LogP contribution in [0.1, 0.15) is 21.5 Å². The van der Waals surface area contributed by atoms with Crippen LogP contribution in [0.3, 0.4) is 0 Å². The summed E-state index contributed by atoms with van der Waals surface area (Å²) in [4.78, 5) is 17.3. The van der Waals surface area contributed by atoms with Gasteiger partial charge in [0.25, 0.3) is 5.91 Å². The number of rotatable bonds is 6. The first-order valence-corrected chi connectivity index (χ1v) is 9.62. The van der Waals surface area contributed by atoms with Gasteiger partial charge < -0.3 is 10.1 Å². The minimum absolute atomic E-state index is 0.233. The Bertz CT molecular complexity index is 1170. The van der Waals surface area contributed by atoms with Crippen molar-refractivity contribution in [2.45, 2.75) is 13.5 Å². The molecule has 0 unspecified atom stereocenters. The molecule has 0 fully saturated rings. The number of nitrogens with one attached hydrogen (secondary N) is 1. The van der Waals surface area contributed by atoms with E-state index in [0.29, 0.717) is 29.2 Å². The summed E-state index contributed by atoms with van der Waals surface area (Å²) >= 11 is 0. The number of hydrogen-bond acceptors (Lipinski definition) is 4. The molecule has 30 heavy (non-hydrogen) atoms. The molecule has 2 heterocycles. The minimum Gasteiger partial charge on any atom is -0.497 e. The van der Waals surface area contributed by atoms with Gasteiger partial charge in [-0.3, -0.25) is 14.5 Å². The van der Waals surface area contributed by atoms with E-state index in [1.165, 1.54) is 0 Å². The molecule has 1 amide bonds. The van der Waals surface area contributed by atoms with Gasteiger partial charge in [-0.05, 0) is 36.2 Å². The van der Waals surface area contributed by atoms with Gasteiger partial charge in [0, 0.05) is 18.0 Å². The van der Waals surface area contributed by atoms with E-state index in [-0.39, 0.29) is 5.91 Å². The van der Waals surface area contributed by atoms with Gasteiger partial charge in [-0.25, -0.2) is 0 Å². The standard InChI is InChI=1S/C24H22N4O2/c1-17-11-12-25-14-22(17)26-24(29)21-16-28(15-18-7-4-3-5-8-18)27-23(21)19-9-6-10-20(13-19)30-2/h3-14,16H,15H2,1-2H3,(H,26,29). The fraction of sp³-hybridized carbons (Fsp3) is 0.125. The van der Waals surface area contributed by atoms with Crippen molar-refractivity contribution in [3.63, 3.8) is 0 Å². The Balaban J connectivity index is 1.72. The summed E-state index contributed by atoms with van der Waals surface area (Å²) in [5.74, 6) is 0.475. The first-order valence-electron chi connectivity index (χ1n) is 9.62. The number of aryl methyl sites for hydroxylation is 1. The molecule has 0 radical (unpaired) electrons. The second kappa shape index (κ2) is 8.61. The maximum absolute atomic E-state index is 13.2. The number of ether oxygens (including phenoxy) is 1. The highest BCUT2D eigenvalue weighted by molar-refractivity contribution is 6.08. The average Bonchev–Trinajstić information content (AvgIpc) is 3.20. The summed E-state index contributed by atoms with van der Waals surface area (Å²) in [6.07, 6.45) is 5.13. The Morgan fingerprint density at radius 2 is 1.93 bits per heavy atom.